The summed E-state index contributed by atoms with van der Waals surface area (Å²) < 4.78 is 48.3. The normalized spacial score (nSPS) is 11.4. The fourth-order valence-corrected chi connectivity index (χ4v) is 3.37. The van der Waals surface area contributed by atoms with Crippen LogP contribution in [0.5, 0.6) is 5.75 Å². The maximum absolute atomic E-state index is 12.6. The molecule has 0 spiro atoms. The molecule has 30 heavy (non-hydrogen) atoms. The summed E-state index contributed by atoms with van der Waals surface area (Å²) in [6.07, 6.45) is -4.35. The molecule has 0 radical (unpaired) electrons. The number of aromatic nitrogens is 1. The van der Waals surface area contributed by atoms with Crippen LogP contribution in [0.25, 0.3) is 11.1 Å². The van der Waals surface area contributed by atoms with Crippen LogP contribution >= 0.6 is 0 Å². The van der Waals surface area contributed by atoms with Crippen LogP contribution in [-0.4, -0.2) is 41.6 Å². The molecule has 2 rings (SSSR count). The molecule has 0 unspecified atom stereocenters. The Kier molecular flexibility index (Phi) is 7.49. The fourth-order valence-electron chi connectivity index (χ4n) is 3.37. The third-order valence-corrected chi connectivity index (χ3v) is 4.57. The van der Waals surface area contributed by atoms with Gasteiger partial charge in [-0.25, -0.2) is 0 Å². The van der Waals surface area contributed by atoms with Gasteiger partial charge in [-0.05, 0) is 37.5 Å². The van der Waals surface area contributed by atoms with Gasteiger partial charge >= 0.3 is 12.3 Å². The molecule has 1 aromatic carbocycles. The van der Waals surface area contributed by atoms with Crippen molar-refractivity contribution in [3.8, 4) is 16.9 Å². The van der Waals surface area contributed by atoms with E-state index in [9.17, 15) is 27.9 Å². The number of aliphatic hydroxyl groups is 1. The van der Waals surface area contributed by atoms with Gasteiger partial charge in [-0.1, -0.05) is 12.1 Å². The van der Waals surface area contributed by atoms with Crippen molar-refractivity contribution in [2.24, 2.45) is 5.73 Å². The number of benzene rings is 1. The molecule has 2 aromatic rings. The summed E-state index contributed by atoms with van der Waals surface area (Å²) in [7, 11) is 1.24. The molecule has 0 aliphatic heterocycles. The first kappa shape index (κ1) is 23.3. The van der Waals surface area contributed by atoms with E-state index in [2.05, 4.69) is 9.47 Å². The van der Waals surface area contributed by atoms with Crippen LogP contribution in [0.4, 0.5) is 13.2 Å². The molecule has 0 saturated carbocycles. The number of esters is 1. The van der Waals surface area contributed by atoms with E-state index in [1.807, 2.05) is 0 Å². The van der Waals surface area contributed by atoms with Gasteiger partial charge < -0.3 is 24.9 Å². The largest absolute Gasteiger partial charge is 0.573 e. The number of rotatable bonds is 9. The van der Waals surface area contributed by atoms with Crippen LogP contribution in [0.15, 0.2) is 24.3 Å². The number of alkyl halides is 3. The number of carbonyl (C=O) groups excluding carboxylic acids is 2. The maximum atomic E-state index is 12.6. The van der Waals surface area contributed by atoms with Crippen LogP contribution in [0.1, 0.15) is 34.6 Å². The summed E-state index contributed by atoms with van der Waals surface area (Å²) in [6.45, 7) is 1.88. The number of aliphatic hydroxyl groups excluding tert-OH is 1. The highest BCUT2D eigenvalue weighted by molar-refractivity contribution is 6.02. The second kappa shape index (κ2) is 9.66. The second-order valence-electron chi connectivity index (χ2n) is 6.53. The molecule has 0 fully saturated rings. The third kappa shape index (κ3) is 5.53. The van der Waals surface area contributed by atoms with Crippen molar-refractivity contribution >= 4 is 11.9 Å². The van der Waals surface area contributed by atoms with Crippen molar-refractivity contribution in [2.75, 3.05) is 13.7 Å². The summed E-state index contributed by atoms with van der Waals surface area (Å²) >= 11 is 0. The summed E-state index contributed by atoms with van der Waals surface area (Å²) in [5.41, 5.74) is 7.36. The summed E-state index contributed by atoms with van der Waals surface area (Å²) in [6, 6.07) is 5.20. The Balaban J connectivity index is 2.67. The Morgan fingerprint density at radius 2 is 1.97 bits per heavy atom. The van der Waals surface area contributed by atoms with Gasteiger partial charge in [0, 0.05) is 30.1 Å². The first-order chi connectivity index (χ1) is 14.1. The zero-order valence-corrected chi connectivity index (χ0v) is 16.6. The zero-order chi connectivity index (χ0) is 22.5. The van der Waals surface area contributed by atoms with Gasteiger partial charge in [-0.3, -0.25) is 9.59 Å². The lowest BCUT2D eigenvalue weighted by Gasteiger charge is -2.14. The molecule has 1 heterocycles. The highest BCUT2D eigenvalue weighted by Crippen LogP contribution is 2.36. The number of ether oxygens (including phenoxy) is 2. The first-order valence-corrected chi connectivity index (χ1v) is 9.14. The Labute approximate surface area is 171 Å². The smallest absolute Gasteiger partial charge is 0.469 e. The molecule has 0 aliphatic rings. The average molecular weight is 428 g/mol. The van der Waals surface area contributed by atoms with E-state index in [-0.39, 0.29) is 30.6 Å². The molecular formula is C20H23F3N2O5. The van der Waals surface area contributed by atoms with Crippen LogP contribution in [0, 0.1) is 6.92 Å². The highest BCUT2D eigenvalue weighted by atomic mass is 19.4. The monoisotopic (exact) mass is 428 g/mol. The van der Waals surface area contributed by atoms with E-state index in [1.54, 1.807) is 11.5 Å². The molecule has 0 atom stereocenters. The number of hydrogen-bond acceptors (Lipinski definition) is 5. The van der Waals surface area contributed by atoms with Crippen molar-refractivity contribution in [1.82, 2.24) is 4.57 Å². The Hall–Kier alpha value is -3.01. The molecular weight excluding hydrogens is 405 g/mol. The van der Waals surface area contributed by atoms with Gasteiger partial charge in [0.15, 0.2) is 0 Å². The van der Waals surface area contributed by atoms with Gasteiger partial charge in [-0.2, -0.15) is 0 Å². The van der Waals surface area contributed by atoms with E-state index in [0.29, 0.717) is 29.9 Å². The highest BCUT2D eigenvalue weighted by Gasteiger charge is 2.31. The Morgan fingerprint density at radius 1 is 1.27 bits per heavy atom. The fraction of sp³-hybridized carbons (Fsp3) is 0.400. The topological polar surface area (TPSA) is 104 Å². The maximum Gasteiger partial charge on any atom is 0.573 e. The van der Waals surface area contributed by atoms with Crippen LogP contribution < -0.4 is 10.5 Å². The second-order valence-corrected chi connectivity index (χ2v) is 6.53. The van der Waals surface area contributed by atoms with Crippen molar-refractivity contribution in [3.63, 3.8) is 0 Å². The van der Waals surface area contributed by atoms with E-state index >= 15 is 0 Å². The molecule has 1 aromatic heterocycles. The molecule has 164 valence electrons. The molecule has 1 amide bonds. The number of methoxy groups -OCH3 is 1. The predicted octanol–water partition coefficient (Wildman–Crippen LogP) is 2.95. The van der Waals surface area contributed by atoms with Crippen molar-refractivity contribution in [1.29, 1.82) is 0 Å². The summed E-state index contributed by atoms with van der Waals surface area (Å²) in [5.74, 6) is -1.69. The number of nitrogens with zero attached hydrogens (tertiary/aromatic N) is 1. The number of primary amides is 1. The molecule has 7 nitrogen and oxygen atoms in total. The van der Waals surface area contributed by atoms with Gasteiger partial charge in [0.1, 0.15) is 5.75 Å². The number of hydrogen-bond donors (Lipinski definition) is 2. The minimum atomic E-state index is -4.87. The van der Waals surface area contributed by atoms with Crippen LogP contribution in [0.3, 0.4) is 0 Å². The summed E-state index contributed by atoms with van der Waals surface area (Å²) in [5, 5.41) is 9.21. The number of amides is 1. The van der Waals surface area contributed by atoms with Gasteiger partial charge in [-0.15, -0.1) is 13.2 Å². The summed E-state index contributed by atoms with van der Waals surface area (Å²) in [4.78, 5) is 23.9. The Morgan fingerprint density at radius 3 is 2.53 bits per heavy atom. The first-order valence-electron chi connectivity index (χ1n) is 9.14. The SMILES string of the molecule is COC(=O)CCc1c(-c2cccc(OC(F)(F)F)c2)c(C(N)=O)c(C)n1CCCO. The standard InChI is InChI=1S/C20H23F3N2O5/c1-12-17(19(24)28)18(13-5-3-6-14(11-13)30-20(21,22)23)15(7-8-16(27)29-2)25(12)9-4-10-26/h3,5-6,11,26H,4,7-10H2,1-2H3,(H2,24,28). The number of halogens is 3. The van der Waals surface area contributed by atoms with E-state index in [1.165, 1.54) is 19.2 Å². The quantitative estimate of drug-likeness (QED) is 0.598. The number of nitrogens with two attached hydrogens (primary N) is 1. The molecule has 10 heteroatoms. The third-order valence-electron chi connectivity index (χ3n) is 4.57. The molecule has 0 aliphatic carbocycles. The van der Waals surface area contributed by atoms with Crippen LogP contribution in [-0.2, 0) is 22.5 Å². The van der Waals surface area contributed by atoms with Crippen molar-refractivity contribution in [2.45, 2.75) is 39.1 Å². The van der Waals surface area contributed by atoms with Crippen molar-refractivity contribution in [3.05, 3.63) is 41.2 Å². The zero-order valence-electron chi connectivity index (χ0n) is 16.6. The average Bonchev–Trinajstić information content (AvgIpc) is 2.94. The van der Waals surface area contributed by atoms with Crippen LogP contribution in [0.2, 0.25) is 0 Å². The lowest BCUT2D eigenvalue weighted by Crippen LogP contribution is -2.17. The lowest BCUT2D eigenvalue weighted by molar-refractivity contribution is -0.274. The molecule has 0 bridgehead atoms. The number of carbonyl (C=O) groups is 2. The van der Waals surface area contributed by atoms with E-state index in [4.69, 9.17) is 5.73 Å². The predicted molar refractivity (Wildman–Crippen MR) is 102 cm³/mol. The van der Waals surface area contributed by atoms with Gasteiger partial charge in [0.25, 0.3) is 5.91 Å². The molecule has 3 N–H and O–H groups in total. The minimum Gasteiger partial charge on any atom is -0.469 e. The minimum absolute atomic E-state index is 0.0109. The lowest BCUT2D eigenvalue weighted by atomic mass is 9.97. The Bertz CT molecular complexity index is 922. The van der Waals surface area contributed by atoms with Gasteiger partial charge in [0.2, 0.25) is 0 Å². The van der Waals surface area contributed by atoms with Gasteiger partial charge in [0.05, 0.1) is 19.1 Å². The van der Waals surface area contributed by atoms with E-state index in [0.717, 1.165) is 12.1 Å². The molecule has 0 saturated heterocycles. The van der Waals surface area contributed by atoms with Crippen molar-refractivity contribution < 1.29 is 37.3 Å². The van der Waals surface area contributed by atoms with E-state index < -0.39 is 24.0 Å².